The summed E-state index contributed by atoms with van der Waals surface area (Å²) >= 11 is 12.2. The zero-order valence-corrected chi connectivity index (χ0v) is 11.7. The van der Waals surface area contributed by atoms with E-state index in [1.165, 1.54) is 0 Å². The molecule has 2 rings (SSSR count). The highest BCUT2D eigenvalue weighted by molar-refractivity contribution is 6.42. The van der Waals surface area contributed by atoms with E-state index in [0.29, 0.717) is 16.1 Å². The fraction of sp³-hybridized carbons (Fsp3) is 0.538. The van der Waals surface area contributed by atoms with E-state index in [1.54, 1.807) is 6.07 Å². The molecule has 1 heterocycles. The van der Waals surface area contributed by atoms with Crippen molar-refractivity contribution in [1.29, 1.82) is 0 Å². The lowest BCUT2D eigenvalue weighted by Gasteiger charge is -2.20. The first-order valence-corrected chi connectivity index (χ1v) is 6.97. The summed E-state index contributed by atoms with van der Waals surface area (Å²) in [7, 11) is 0. The molecule has 18 heavy (non-hydrogen) atoms. The van der Waals surface area contributed by atoms with Gasteiger partial charge in [-0.1, -0.05) is 35.3 Å². The van der Waals surface area contributed by atoms with Gasteiger partial charge < -0.3 is 4.74 Å². The smallest absolute Gasteiger partial charge is 0.0624 e. The first-order chi connectivity index (χ1) is 8.70. The van der Waals surface area contributed by atoms with Crippen LogP contribution in [-0.4, -0.2) is 18.8 Å². The number of ether oxygens (including phenoxy) is 1. The third-order valence-electron chi connectivity index (χ3n) is 3.30. The maximum Gasteiger partial charge on any atom is 0.0624 e. The molecule has 3 nitrogen and oxygen atoms in total. The van der Waals surface area contributed by atoms with Crippen molar-refractivity contribution in [3.63, 3.8) is 0 Å². The molecule has 100 valence electrons. The normalized spacial score (nSPS) is 21.2. The summed E-state index contributed by atoms with van der Waals surface area (Å²) in [6.45, 7) is 0.861. The minimum Gasteiger partial charge on any atom is -0.378 e. The molecular formula is C13H18Cl2N2O. The quantitative estimate of drug-likeness (QED) is 0.647. The van der Waals surface area contributed by atoms with Crippen LogP contribution in [0.15, 0.2) is 18.2 Å². The molecular weight excluding hydrogens is 271 g/mol. The Morgan fingerprint density at radius 1 is 1.44 bits per heavy atom. The van der Waals surface area contributed by atoms with Crippen molar-refractivity contribution in [1.82, 2.24) is 5.43 Å². The lowest BCUT2D eigenvalue weighted by Crippen LogP contribution is -2.39. The predicted octanol–water partition coefficient (Wildman–Crippen LogP) is 2.94. The van der Waals surface area contributed by atoms with E-state index in [1.807, 2.05) is 12.1 Å². The van der Waals surface area contributed by atoms with Gasteiger partial charge in [-0.2, -0.15) is 0 Å². The maximum absolute atomic E-state index is 6.18. The number of benzene rings is 1. The van der Waals surface area contributed by atoms with E-state index in [9.17, 15) is 0 Å². The molecule has 0 bridgehead atoms. The zero-order valence-electron chi connectivity index (χ0n) is 10.2. The molecule has 0 amide bonds. The Bertz CT molecular complexity index is 395. The van der Waals surface area contributed by atoms with Crippen molar-refractivity contribution in [2.24, 2.45) is 5.84 Å². The molecule has 0 spiro atoms. The maximum atomic E-state index is 6.18. The SMILES string of the molecule is NNC(Cc1cccc(Cl)c1Cl)CC1CCCO1. The molecule has 0 radical (unpaired) electrons. The van der Waals surface area contributed by atoms with E-state index < -0.39 is 0 Å². The first-order valence-electron chi connectivity index (χ1n) is 6.21. The number of hydrogen-bond acceptors (Lipinski definition) is 3. The molecule has 0 aromatic heterocycles. The summed E-state index contributed by atoms with van der Waals surface area (Å²) < 4.78 is 5.62. The highest BCUT2D eigenvalue weighted by Crippen LogP contribution is 2.27. The number of hydrazine groups is 1. The second-order valence-corrected chi connectivity index (χ2v) is 5.44. The molecule has 2 unspecified atom stereocenters. The number of nitrogens with two attached hydrogens (primary N) is 1. The van der Waals surface area contributed by atoms with Crippen LogP contribution in [0.25, 0.3) is 0 Å². The van der Waals surface area contributed by atoms with Crippen molar-refractivity contribution >= 4 is 23.2 Å². The van der Waals surface area contributed by atoms with Gasteiger partial charge in [-0.25, -0.2) is 0 Å². The van der Waals surface area contributed by atoms with E-state index in [-0.39, 0.29) is 6.04 Å². The lowest BCUT2D eigenvalue weighted by atomic mass is 10.00. The van der Waals surface area contributed by atoms with Gasteiger partial charge in [0.1, 0.15) is 0 Å². The average Bonchev–Trinajstić information content (AvgIpc) is 2.86. The average molecular weight is 289 g/mol. The van der Waals surface area contributed by atoms with Crippen molar-refractivity contribution in [3.8, 4) is 0 Å². The molecule has 3 N–H and O–H groups in total. The summed E-state index contributed by atoms with van der Waals surface area (Å²) in [5.41, 5.74) is 3.86. The molecule has 0 saturated carbocycles. The third kappa shape index (κ3) is 3.59. The van der Waals surface area contributed by atoms with Crippen molar-refractivity contribution in [3.05, 3.63) is 33.8 Å². The molecule has 1 aromatic rings. The van der Waals surface area contributed by atoms with Gasteiger partial charge in [-0.05, 0) is 37.3 Å². The van der Waals surface area contributed by atoms with Gasteiger partial charge in [0.05, 0.1) is 16.1 Å². The van der Waals surface area contributed by atoms with Crippen LogP contribution < -0.4 is 11.3 Å². The zero-order chi connectivity index (χ0) is 13.0. The van der Waals surface area contributed by atoms with Gasteiger partial charge in [0.25, 0.3) is 0 Å². The van der Waals surface area contributed by atoms with Crippen LogP contribution in [0.5, 0.6) is 0 Å². The summed E-state index contributed by atoms with van der Waals surface area (Å²) in [5.74, 6) is 5.61. The van der Waals surface area contributed by atoms with Crippen molar-refractivity contribution in [2.75, 3.05) is 6.61 Å². The van der Waals surface area contributed by atoms with Gasteiger partial charge in [0.15, 0.2) is 0 Å². The highest BCUT2D eigenvalue weighted by atomic mass is 35.5. The Kier molecular flexibility index (Phi) is 5.27. The fourth-order valence-electron chi connectivity index (χ4n) is 2.33. The van der Waals surface area contributed by atoms with Crippen LogP contribution in [0.2, 0.25) is 10.0 Å². The number of nitrogens with one attached hydrogen (secondary N) is 1. The summed E-state index contributed by atoms with van der Waals surface area (Å²) in [6, 6.07) is 5.83. The van der Waals surface area contributed by atoms with Crippen LogP contribution in [-0.2, 0) is 11.2 Å². The van der Waals surface area contributed by atoms with Crippen LogP contribution >= 0.6 is 23.2 Å². The van der Waals surface area contributed by atoms with Crippen LogP contribution in [0.1, 0.15) is 24.8 Å². The molecule has 1 fully saturated rings. The second kappa shape index (κ2) is 6.73. The number of hydrogen-bond donors (Lipinski definition) is 2. The standard InChI is InChI=1S/C13H18Cl2N2O/c14-12-5-1-3-9(13(12)15)7-10(17-16)8-11-4-2-6-18-11/h1,3,5,10-11,17H,2,4,6-8,16H2. The molecule has 1 aromatic carbocycles. The molecule has 1 aliphatic heterocycles. The van der Waals surface area contributed by atoms with Gasteiger partial charge >= 0.3 is 0 Å². The molecule has 1 saturated heterocycles. The van der Waals surface area contributed by atoms with E-state index in [4.69, 9.17) is 33.8 Å². The second-order valence-electron chi connectivity index (χ2n) is 4.65. The number of rotatable bonds is 5. The summed E-state index contributed by atoms with van der Waals surface area (Å²) in [4.78, 5) is 0. The van der Waals surface area contributed by atoms with Crippen LogP contribution in [0, 0.1) is 0 Å². The monoisotopic (exact) mass is 288 g/mol. The Balaban J connectivity index is 1.98. The third-order valence-corrected chi connectivity index (χ3v) is 4.16. The largest absolute Gasteiger partial charge is 0.378 e. The highest BCUT2D eigenvalue weighted by Gasteiger charge is 2.21. The Labute approximate surface area is 118 Å². The Morgan fingerprint density at radius 2 is 2.28 bits per heavy atom. The number of halogens is 2. The van der Waals surface area contributed by atoms with Crippen molar-refractivity contribution < 1.29 is 4.74 Å². The topological polar surface area (TPSA) is 47.3 Å². The summed E-state index contributed by atoms with van der Waals surface area (Å²) in [6.07, 6.45) is 4.22. The van der Waals surface area contributed by atoms with Gasteiger partial charge in [0.2, 0.25) is 0 Å². The molecule has 1 aliphatic rings. The van der Waals surface area contributed by atoms with E-state index >= 15 is 0 Å². The summed E-state index contributed by atoms with van der Waals surface area (Å²) in [5, 5.41) is 1.20. The van der Waals surface area contributed by atoms with E-state index in [2.05, 4.69) is 5.43 Å². The van der Waals surface area contributed by atoms with E-state index in [0.717, 1.165) is 37.9 Å². The fourth-order valence-corrected chi connectivity index (χ4v) is 2.73. The van der Waals surface area contributed by atoms with Gasteiger partial charge in [-0.3, -0.25) is 11.3 Å². The van der Waals surface area contributed by atoms with Crippen LogP contribution in [0.3, 0.4) is 0 Å². The lowest BCUT2D eigenvalue weighted by molar-refractivity contribution is 0.0946. The molecule has 2 atom stereocenters. The Hall–Kier alpha value is -0.320. The van der Waals surface area contributed by atoms with Crippen molar-refractivity contribution in [2.45, 2.75) is 37.8 Å². The molecule has 0 aliphatic carbocycles. The minimum atomic E-state index is 0.157. The first kappa shape index (κ1) is 14.1. The minimum absolute atomic E-state index is 0.157. The Morgan fingerprint density at radius 3 is 2.94 bits per heavy atom. The molecule has 5 heteroatoms. The van der Waals surface area contributed by atoms with Gasteiger partial charge in [-0.15, -0.1) is 0 Å². The van der Waals surface area contributed by atoms with Crippen LogP contribution in [0.4, 0.5) is 0 Å². The van der Waals surface area contributed by atoms with Gasteiger partial charge in [0, 0.05) is 12.6 Å². The predicted molar refractivity (Wildman–Crippen MR) is 74.9 cm³/mol.